The van der Waals surface area contributed by atoms with E-state index in [1.54, 1.807) is 30.3 Å². The van der Waals surface area contributed by atoms with Crippen LogP contribution in [0, 0.1) is 0 Å². The first kappa shape index (κ1) is 34.0. The molecular formula is C19H17F16NO2. The highest BCUT2D eigenvalue weighted by Gasteiger charge is 2.93. The molecule has 0 saturated carbocycles. The number of rotatable bonds is 15. The lowest BCUT2D eigenvalue weighted by molar-refractivity contribution is -0.448. The molecule has 0 spiro atoms. The van der Waals surface area contributed by atoms with E-state index in [0.717, 1.165) is 0 Å². The molecule has 0 radical (unpaired) electrons. The fourth-order valence-corrected chi connectivity index (χ4v) is 2.62. The molecule has 1 aromatic rings. The lowest BCUT2D eigenvalue weighted by Crippen LogP contribution is -2.74. The minimum Gasteiger partial charge on any atom is -0.389 e. The van der Waals surface area contributed by atoms with Crippen LogP contribution in [0.3, 0.4) is 0 Å². The summed E-state index contributed by atoms with van der Waals surface area (Å²) in [7, 11) is 0. The average Bonchev–Trinajstić information content (AvgIpc) is 2.78. The fraction of sp³-hybridized carbons (Fsp3) is 0.684. The van der Waals surface area contributed by atoms with Crippen LogP contribution in [0.25, 0.3) is 0 Å². The molecule has 0 heterocycles. The molecule has 1 rings (SSSR count). The summed E-state index contributed by atoms with van der Waals surface area (Å²) >= 11 is 0. The summed E-state index contributed by atoms with van der Waals surface area (Å²) in [4.78, 5) is 0. The molecule has 0 unspecified atom stereocenters. The zero-order valence-corrected chi connectivity index (χ0v) is 18.3. The number of nitrogens with one attached hydrogen (secondary N) is 1. The number of hydrogen-bond acceptors (Lipinski definition) is 3. The molecule has 2 N–H and O–H groups in total. The number of aliphatic hydroxyl groups excluding tert-OH is 1. The Kier molecular flexibility index (Phi) is 10.0. The van der Waals surface area contributed by atoms with Gasteiger partial charge in [-0.1, -0.05) is 30.3 Å². The quantitative estimate of drug-likeness (QED) is 0.250. The van der Waals surface area contributed by atoms with Crippen LogP contribution in [0.5, 0.6) is 0 Å². The molecule has 19 heteroatoms. The highest BCUT2D eigenvalue weighted by molar-refractivity contribution is 5.15. The smallest absolute Gasteiger partial charge is 0.384 e. The molecular weight excluding hydrogens is 578 g/mol. The van der Waals surface area contributed by atoms with Gasteiger partial charge < -0.3 is 15.2 Å². The summed E-state index contributed by atoms with van der Waals surface area (Å²) in [5.41, 5.74) is 0.642. The Balaban J connectivity index is 3.00. The van der Waals surface area contributed by atoms with Crippen molar-refractivity contribution in [1.82, 2.24) is 5.32 Å². The van der Waals surface area contributed by atoms with Crippen molar-refractivity contribution in [3.8, 4) is 0 Å². The minimum absolute atomic E-state index is 0.0664. The largest absolute Gasteiger partial charge is 0.389 e. The molecule has 0 aliphatic rings. The Labute approximate surface area is 202 Å². The van der Waals surface area contributed by atoms with Gasteiger partial charge in [-0.05, 0) is 5.56 Å². The standard InChI is InChI=1S/C19H17F16NO2/c20-12(21)14(24,25)16(28,29)18(32,33)19(34,35)17(30,31)15(26,27)13(22,23)9-38-8-11(37)7-36-6-10-4-2-1-3-5-10/h1-5,11-12,36-37H,6-9H2/t11-/m0/s1. The van der Waals surface area contributed by atoms with Crippen molar-refractivity contribution in [1.29, 1.82) is 0 Å². The maximum absolute atomic E-state index is 13.7. The third-order valence-corrected chi connectivity index (χ3v) is 4.87. The highest BCUT2D eigenvalue weighted by atomic mass is 19.4. The minimum atomic E-state index is -8.45. The Hall–Kier alpha value is -2.02. The molecule has 0 bridgehead atoms. The fourth-order valence-electron chi connectivity index (χ4n) is 2.62. The van der Waals surface area contributed by atoms with E-state index in [9.17, 15) is 75.4 Å². The van der Waals surface area contributed by atoms with Gasteiger partial charge in [0.25, 0.3) is 0 Å². The second-order valence-corrected chi connectivity index (χ2v) is 7.79. The van der Waals surface area contributed by atoms with Gasteiger partial charge in [0, 0.05) is 13.1 Å². The first-order valence-corrected chi connectivity index (χ1v) is 9.85. The van der Waals surface area contributed by atoms with Crippen LogP contribution in [-0.4, -0.2) is 78.9 Å². The number of benzene rings is 1. The number of hydrogen-bond donors (Lipinski definition) is 2. The Morgan fingerprint density at radius 1 is 0.684 bits per heavy atom. The third kappa shape index (κ3) is 5.93. The van der Waals surface area contributed by atoms with Crippen LogP contribution >= 0.6 is 0 Å². The molecule has 0 amide bonds. The van der Waals surface area contributed by atoms with E-state index >= 15 is 0 Å². The van der Waals surface area contributed by atoms with Crippen LogP contribution in [0.15, 0.2) is 30.3 Å². The van der Waals surface area contributed by atoms with Gasteiger partial charge in [0.15, 0.2) is 0 Å². The monoisotopic (exact) mass is 595 g/mol. The number of halogens is 16. The average molecular weight is 595 g/mol. The third-order valence-electron chi connectivity index (χ3n) is 4.87. The summed E-state index contributed by atoms with van der Waals surface area (Å²) in [6.07, 6.45) is -7.71. The molecule has 0 aliphatic heterocycles. The predicted octanol–water partition coefficient (Wildman–Crippen LogP) is 5.87. The van der Waals surface area contributed by atoms with E-state index < -0.39 is 73.7 Å². The van der Waals surface area contributed by atoms with Crippen molar-refractivity contribution in [3.05, 3.63) is 35.9 Å². The van der Waals surface area contributed by atoms with E-state index in [1.807, 2.05) is 0 Å². The molecule has 38 heavy (non-hydrogen) atoms. The zero-order valence-electron chi connectivity index (χ0n) is 18.3. The predicted molar refractivity (Wildman–Crippen MR) is 95.6 cm³/mol. The van der Waals surface area contributed by atoms with Crippen molar-refractivity contribution in [2.45, 2.75) is 60.5 Å². The van der Waals surface area contributed by atoms with Gasteiger partial charge >= 0.3 is 47.9 Å². The van der Waals surface area contributed by atoms with Crippen molar-refractivity contribution in [2.24, 2.45) is 0 Å². The maximum atomic E-state index is 13.7. The first-order valence-electron chi connectivity index (χ1n) is 9.85. The van der Waals surface area contributed by atoms with E-state index in [-0.39, 0.29) is 6.54 Å². The maximum Gasteiger partial charge on any atom is 0.384 e. The van der Waals surface area contributed by atoms with Gasteiger partial charge in [0.1, 0.15) is 6.61 Å². The molecule has 3 nitrogen and oxygen atoms in total. The Bertz CT molecular complexity index is 894. The summed E-state index contributed by atoms with van der Waals surface area (Å²) in [5, 5.41) is 12.1. The molecule has 222 valence electrons. The molecule has 1 aromatic carbocycles. The Morgan fingerprint density at radius 2 is 1.13 bits per heavy atom. The van der Waals surface area contributed by atoms with Gasteiger partial charge in [-0.2, -0.15) is 61.5 Å². The van der Waals surface area contributed by atoms with Crippen molar-refractivity contribution in [3.63, 3.8) is 0 Å². The highest BCUT2D eigenvalue weighted by Crippen LogP contribution is 2.62. The van der Waals surface area contributed by atoms with Crippen LogP contribution in [0.2, 0.25) is 0 Å². The van der Waals surface area contributed by atoms with Gasteiger partial charge in [-0.3, -0.25) is 0 Å². The van der Waals surface area contributed by atoms with Gasteiger partial charge in [-0.15, -0.1) is 0 Å². The second-order valence-electron chi connectivity index (χ2n) is 7.79. The summed E-state index contributed by atoms with van der Waals surface area (Å²) in [6, 6.07) is 8.07. The van der Waals surface area contributed by atoms with Gasteiger partial charge in [0.2, 0.25) is 0 Å². The summed E-state index contributed by atoms with van der Waals surface area (Å²) < 4.78 is 216. The zero-order chi connectivity index (χ0) is 30.0. The molecule has 1 atom stereocenters. The number of alkyl halides is 16. The van der Waals surface area contributed by atoms with Gasteiger partial charge in [0.05, 0.1) is 12.7 Å². The molecule has 0 fully saturated rings. The second kappa shape index (κ2) is 11.2. The van der Waals surface area contributed by atoms with E-state index in [0.29, 0.717) is 5.56 Å². The van der Waals surface area contributed by atoms with E-state index in [1.165, 1.54) is 0 Å². The van der Waals surface area contributed by atoms with Gasteiger partial charge in [-0.25, -0.2) is 8.78 Å². The van der Waals surface area contributed by atoms with Crippen LogP contribution in [0.1, 0.15) is 5.56 Å². The van der Waals surface area contributed by atoms with Crippen molar-refractivity contribution >= 4 is 0 Å². The van der Waals surface area contributed by atoms with Crippen molar-refractivity contribution in [2.75, 3.05) is 19.8 Å². The van der Waals surface area contributed by atoms with Crippen molar-refractivity contribution < 1.29 is 80.1 Å². The lowest BCUT2D eigenvalue weighted by Gasteiger charge is -2.42. The summed E-state index contributed by atoms with van der Waals surface area (Å²) in [6.45, 7) is -4.78. The molecule has 0 aliphatic carbocycles. The first-order chi connectivity index (χ1) is 16.9. The van der Waals surface area contributed by atoms with E-state index in [2.05, 4.69) is 10.1 Å². The molecule has 0 aromatic heterocycles. The lowest BCUT2D eigenvalue weighted by atomic mass is 9.89. The van der Waals surface area contributed by atoms with Crippen LogP contribution in [-0.2, 0) is 11.3 Å². The summed E-state index contributed by atoms with van der Waals surface area (Å²) in [5.74, 6) is -55.0. The molecule has 0 saturated heterocycles. The van der Waals surface area contributed by atoms with Crippen LogP contribution < -0.4 is 5.32 Å². The topological polar surface area (TPSA) is 41.5 Å². The Morgan fingerprint density at radius 3 is 1.61 bits per heavy atom. The normalized spacial score (nSPS) is 15.7. The van der Waals surface area contributed by atoms with E-state index in [4.69, 9.17) is 0 Å². The van der Waals surface area contributed by atoms with Crippen LogP contribution in [0.4, 0.5) is 70.2 Å². The number of ether oxygens (including phenoxy) is 1. The number of aliphatic hydroxyl groups is 1. The SMILES string of the molecule is O[C@@H](CNCc1ccccc1)COCC(F)(F)C(F)(F)C(F)(F)C(F)(F)C(F)(F)C(F)(F)C(F)(F)C(F)F.